The molecule has 0 saturated carbocycles. The lowest BCUT2D eigenvalue weighted by Gasteiger charge is -2.25. The number of carbonyl (C=O) groups is 1. The van der Waals surface area contributed by atoms with Crippen molar-refractivity contribution in [3.05, 3.63) is 35.4 Å². The number of furan rings is 1. The number of rotatable bonds is 5. The van der Waals surface area contributed by atoms with Crippen LogP contribution in [0.5, 0.6) is 5.88 Å². The molecule has 0 radical (unpaired) electrons. The highest BCUT2D eigenvalue weighted by Gasteiger charge is 2.34. The first-order valence-electron chi connectivity index (χ1n) is 8.01. The summed E-state index contributed by atoms with van der Waals surface area (Å²) in [6.45, 7) is 2.76. The fourth-order valence-electron chi connectivity index (χ4n) is 3.47. The molecular weight excluding hydrogens is 294 g/mol. The van der Waals surface area contributed by atoms with Crippen molar-refractivity contribution < 1.29 is 13.9 Å². The van der Waals surface area contributed by atoms with Crippen LogP contribution in [0.4, 0.5) is 0 Å². The number of aromatic nitrogens is 2. The summed E-state index contributed by atoms with van der Waals surface area (Å²) < 4.78 is 12.6. The molecule has 0 aliphatic carbocycles. The zero-order valence-electron chi connectivity index (χ0n) is 13.9. The number of likely N-dealkylation sites (tertiary alicyclic amines) is 1. The van der Waals surface area contributed by atoms with Gasteiger partial charge in [-0.2, -0.15) is 5.10 Å². The van der Waals surface area contributed by atoms with Gasteiger partial charge in [0, 0.05) is 26.4 Å². The van der Waals surface area contributed by atoms with E-state index in [0.29, 0.717) is 12.8 Å². The third-order valence-electron chi connectivity index (χ3n) is 4.48. The largest absolute Gasteiger partial charge is 0.481 e. The van der Waals surface area contributed by atoms with Gasteiger partial charge in [0.1, 0.15) is 5.76 Å². The lowest BCUT2D eigenvalue weighted by molar-refractivity contribution is -0.132. The molecule has 1 fully saturated rings. The number of methoxy groups -OCH3 is 1. The highest BCUT2D eigenvalue weighted by molar-refractivity contribution is 5.77. The molecule has 1 aliphatic heterocycles. The van der Waals surface area contributed by atoms with Crippen molar-refractivity contribution in [3.8, 4) is 5.88 Å². The zero-order chi connectivity index (χ0) is 16.4. The maximum atomic E-state index is 12.7. The molecule has 23 heavy (non-hydrogen) atoms. The minimum Gasteiger partial charge on any atom is -0.481 e. The summed E-state index contributed by atoms with van der Waals surface area (Å²) in [5.41, 5.74) is 1.97. The van der Waals surface area contributed by atoms with E-state index < -0.39 is 0 Å². The minimum absolute atomic E-state index is 0.0581. The monoisotopic (exact) mass is 317 g/mol. The summed E-state index contributed by atoms with van der Waals surface area (Å²) in [6, 6.07) is 3.81. The number of amides is 1. The van der Waals surface area contributed by atoms with Crippen molar-refractivity contribution in [1.82, 2.24) is 14.7 Å². The van der Waals surface area contributed by atoms with Crippen LogP contribution in [0.3, 0.4) is 0 Å². The maximum absolute atomic E-state index is 12.7. The molecule has 0 spiro atoms. The molecule has 1 saturated heterocycles. The Morgan fingerprint density at radius 3 is 3.04 bits per heavy atom. The number of hydrogen-bond donors (Lipinski definition) is 0. The quantitative estimate of drug-likeness (QED) is 0.850. The van der Waals surface area contributed by atoms with Crippen molar-refractivity contribution in [2.24, 2.45) is 7.05 Å². The molecule has 3 heterocycles. The number of ether oxygens (including phenoxy) is 1. The third kappa shape index (κ3) is 2.98. The summed E-state index contributed by atoms with van der Waals surface area (Å²) in [5.74, 6) is 1.76. The average Bonchev–Trinajstić information content (AvgIpc) is 3.24. The van der Waals surface area contributed by atoms with Gasteiger partial charge < -0.3 is 14.1 Å². The van der Waals surface area contributed by atoms with E-state index >= 15 is 0 Å². The number of carbonyl (C=O) groups excluding carboxylic acids is 1. The SMILES string of the molecule is COc1c([C@@H]2CCCN2C(=O)CCc2ccco2)c(C)nn1C. The molecular formula is C17H23N3O3. The predicted octanol–water partition coefficient (Wildman–Crippen LogP) is 2.63. The second-order valence-corrected chi connectivity index (χ2v) is 5.96. The normalized spacial score (nSPS) is 17.7. The Morgan fingerprint density at radius 2 is 2.35 bits per heavy atom. The van der Waals surface area contributed by atoms with E-state index in [2.05, 4.69) is 5.10 Å². The third-order valence-corrected chi connectivity index (χ3v) is 4.48. The van der Waals surface area contributed by atoms with Crippen molar-refractivity contribution >= 4 is 5.91 Å². The van der Waals surface area contributed by atoms with E-state index in [-0.39, 0.29) is 11.9 Å². The Morgan fingerprint density at radius 1 is 1.52 bits per heavy atom. The molecule has 6 nitrogen and oxygen atoms in total. The Labute approximate surface area is 136 Å². The number of nitrogens with zero attached hydrogens (tertiary/aromatic N) is 3. The lowest BCUT2D eigenvalue weighted by Crippen LogP contribution is -2.31. The van der Waals surface area contributed by atoms with Gasteiger partial charge in [-0.15, -0.1) is 0 Å². The van der Waals surface area contributed by atoms with Crippen LogP contribution < -0.4 is 4.74 Å². The molecule has 1 aliphatic rings. The van der Waals surface area contributed by atoms with Gasteiger partial charge in [0.05, 0.1) is 30.7 Å². The molecule has 0 aromatic carbocycles. The number of hydrogen-bond acceptors (Lipinski definition) is 4. The van der Waals surface area contributed by atoms with Crippen LogP contribution in [0.15, 0.2) is 22.8 Å². The molecule has 3 rings (SSSR count). The van der Waals surface area contributed by atoms with E-state index in [4.69, 9.17) is 9.15 Å². The minimum atomic E-state index is 0.0581. The predicted molar refractivity (Wildman–Crippen MR) is 85.2 cm³/mol. The highest BCUT2D eigenvalue weighted by Crippen LogP contribution is 2.39. The van der Waals surface area contributed by atoms with Gasteiger partial charge in [-0.05, 0) is 31.9 Å². The number of aryl methyl sites for hydroxylation is 3. The summed E-state index contributed by atoms with van der Waals surface area (Å²) in [4.78, 5) is 14.6. The molecule has 2 aromatic heterocycles. The van der Waals surface area contributed by atoms with Gasteiger partial charge >= 0.3 is 0 Å². The Bertz CT molecular complexity index is 676. The molecule has 1 atom stereocenters. The van der Waals surface area contributed by atoms with Crippen molar-refractivity contribution in [2.45, 2.75) is 38.6 Å². The van der Waals surface area contributed by atoms with Gasteiger partial charge in [0.15, 0.2) is 0 Å². The van der Waals surface area contributed by atoms with Crippen molar-refractivity contribution in [1.29, 1.82) is 0 Å². The molecule has 124 valence electrons. The van der Waals surface area contributed by atoms with Gasteiger partial charge in [0.25, 0.3) is 0 Å². The summed E-state index contributed by atoms with van der Waals surface area (Å²) in [6.07, 6.45) is 4.70. The lowest BCUT2D eigenvalue weighted by atomic mass is 10.0. The first-order valence-corrected chi connectivity index (χ1v) is 8.01. The summed E-state index contributed by atoms with van der Waals surface area (Å²) in [7, 11) is 3.52. The second-order valence-electron chi connectivity index (χ2n) is 5.96. The fraction of sp³-hybridized carbons (Fsp3) is 0.529. The summed E-state index contributed by atoms with van der Waals surface area (Å²) >= 11 is 0. The van der Waals surface area contributed by atoms with Crippen molar-refractivity contribution in [3.63, 3.8) is 0 Å². The van der Waals surface area contributed by atoms with Crippen LogP contribution in [0.25, 0.3) is 0 Å². The molecule has 0 N–H and O–H groups in total. The van der Waals surface area contributed by atoms with Gasteiger partial charge in [-0.1, -0.05) is 0 Å². The summed E-state index contributed by atoms with van der Waals surface area (Å²) in [5, 5.41) is 4.45. The van der Waals surface area contributed by atoms with E-state index in [0.717, 1.165) is 42.3 Å². The standard InChI is InChI=1S/C17H23N3O3/c1-12-16(17(22-3)19(2)18-12)14-7-4-10-20(14)15(21)9-8-13-6-5-11-23-13/h5-6,11,14H,4,7-10H2,1-3H3/t14-/m0/s1. The Balaban J connectivity index is 1.76. The topological polar surface area (TPSA) is 60.5 Å². The fourth-order valence-corrected chi connectivity index (χ4v) is 3.47. The van der Waals surface area contributed by atoms with Gasteiger partial charge in [-0.3, -0.25) is 4.79 Å². The van der Waals surface area contributed by atoms with Crippen LogP contribution in [0.2, 0.25) is 0 Å². The van der Waals surface area contributed by atoms with Crippen LogP contribution in [-0.4, -0.2) is 34.2 Å². The highest BCUT2D eigenvalue weighted by atomic mass is 16.5. The van der Waals surface area contributed by atoms with E-state index in [1.807, 2.05) is 31.0 Å². The van der Waals surface area contributed by atoms with Gasteiger partial charge in [-0.25, -0.2) is 4.68 Å². The van der Waals surface area contributed by atoms with Crippen LogP contribution in [0.1, 0.15) is 42.3 Å². The van der Waals surface area contributed by atoms with Crippen LogP contribution >= 0.6 is 0 Å². The van der Waals surface area contributed by atoms with E-state index in [1.54, 1.807) is 18.1 Å². The maximum Gasteiger partial charge on any atom is 0.223 e. The van der Waals surface area contributed by atoms with E-state index in [9.17, 15) is 4.79 Å². The molecule has 1 amide bonds. The average molecular weight is 317 g/mol. The molecule has 2 aromatic rings. The molecule has 6 heteroatoms. The van der Waals surface area contributed by atoms with Crippen molar-refractivity contribution in [2.75, 3.05) is 13.7 Å². The zero-order valence-corrected chi connectivity index (χ0v) is 13.9. The Hall–Kier alpha value is -2.24. The first kappa shape index (κ1) is 15.6. The molecule has 0 bridgehead atoms. The van der Waals surface area contributed by atoms with Crippen LogP contribution in [0, 0.1) is 6.92 Å². The van der Waals surface area contributed by atoms with Gasteiger partial charge in [0.2, 0.25) is 11.8 Å². The second kappa shape index (κ2) is 6.48. The van der Waals surface area contributed by atoms with E-state index in [1.165, 1.54) is 0 Å². The van der Waals surface area contributed by atoms with Crippen LogP contribution in [-0.2, 0) is 18.3 Å². The first-order chi connectivity index (χ1) is 11.1. The molecule has 0 unspecified atom stereocenters. The smallest absolute Gasteiger partial charge is 0.223 e. The Kier molecular flexibility index (Phi) is 4.41.